The van der Waals surface area contributed by atoms with Crippen molar-refractivity contribution in [1.82, 2.24) is 31.9 Å². The molecule has 2 aromatic carbocycles. The summed E-state index contributed by atoms with van der Waals surface area (Å²) < 4.78 is 23.2. The molecule has 514 valence electrons. The molecule has 26 nitrogen and oxygen atoms in total. The van der Waals surface area contributed by atoms with E-state index in [1.54, 1.807) is 24.3 Å². The van der Waals surface area contributed by atoms with Crippen LogP contribution in [0.4, 0.5) is 0 Å². The zero-order chi connectivity index (χ0) is 66.8. The van der Waals surface area contributed by atoms with Gasteiger partial charge in [0.15, 0.2) is 0 Å². The lowest BCUT2D eigenvalue weighted by molar-refractivity contribution is -0.310. The minimum atomic E-state index is -2.46. The summed E-state index contributed by atoms with van der Waals surface area (Å²) in [5.74, 6) is -7.86. The van der Waals surface area contributed by atoms with Crippen molar-refractivity contribution >= 4 is 70.9 Å². The standard InChI is InChI=1S/C64H96N6O20S2/c1-39(71)69-53-47(73)35-63(61(83)84,89-57(53)55(79)49(75)37-67-59(81)45-23-19-43(20-24-45)41-13-5-3-6-14-41)87-29-11-31-91-33-27-65-51(77)17-9-10-18-52(78)66-28-34-92-32-12-30-88-64(62(85)86)36-48(74)54(70-40(2)72)58(90-64)56(80)50(76)38-68-60(82)46-25-21-44(22-26-46)42-15-7-4-8-16-42/h19-26,41-42,47-50,53-58,73-76,79-80H,3-18,27-38H2,1-2H3,(H,65,77)(H,66,78)(H,67,81)(H,68,82)(H,69,71)(H,70,72)(H,83,84)(H,85,86)/t47-,48-,49-,50+,53+,54+,55+,56+,57+,58+,63+,64+/m0/s1. The largest absolute Gasteiger partial charge is 0.477 e. The zero-order valence-corrected chi connectivity index (χ0v) is 54.3. The number of hydrogen-bond donors (Lipinski definition) is 14. The number of aliphatic hydroxyl groups is 6. The van der Waals surface area contributed by atoms with Crippen molar-refractivity contribution in [1.29, 1.82) is 0 Å². The number of thioether (sulfide) groups is 2. The third-order valence-corrected chi connectivity index (χ3v) is 19.3. The maximum absolute atomic E-state index is 13.0. The predicted octanol–water partition coefficient (Wildman–Crippen LogP) is 2.33. The number of carbonyl (C=O) groups excluding carboxylic acids is 6. The summed E-state index contributed by atoms with van der Waals surface area (Å²) in [6, 6.07) is 11.8. The summed E-state index contributed by atoms with van der Waals surface area (Å²) in [6.07, 6.45) is -1.51. The van der Waals surface area contributed by atoms with Crippen molar-refractivity contribution in [3.8, 4) is 0 Å². The number of carbonyl (C=O) groups is 8. The molecule has 2 aromatic rings. The lowest BCUT2D eigenvalue weighted by Gasteiger charge is -2.46. The lowest BCUT2D eigenvalue weighted by atomic mass is 9.84. The molecule has 92 heavy (non-hydrogen) atoms. The Kier molecular flexibility index (Phi) is 31.3. The smallest absolute Gasteiger partial charge is 0.364 e. The Balaban J connectivity index is 0.808. The molecule has 0 spiro atoms. The lowest BCUT2D eigenvalue weighted by Crippen LogP contribution is -2.68. The number of aliphatic hydroxyl groups excluding tert-OH is 6. The van der Waals surface area contributed by atoms with Gasteiger partial charge < -0.3 is 91.7 Å². The maximum atomic E-state index is 13.0. The summed E-state index contributed by atoms with van der Waals surface area (Å²) in [7, 11) is 0. The van der Waals surface area contributed by atoms with Crippen LogP contribution in [0.15, 0.2) is 48.5 Å². The summed E-state index contributed by atoms with van der Waals surface area (Å²) in [5.41, 5.74) is 2.99. The van der Waals surface area contributed by atoms with Gasteiger partial charge in [-0.3, -0.25) is 28.8 Å². The van der Waals surface area contributed by atoms with Crippen LogP contribution in [0, 0.1) is 0 Å². The second kappa shape index (κ2) is 38.2. The van der Waals surface area contributed by atoms with E-state index in [0.29, 0.717) is 84.7 Å². The van der Waals surface area contributed by atoms with E-state index in [1.165, 1.54) is 36.4 Å². The normalized spacial score (nSPS) is 25.0. The van der Waals surface area contributed by atoms with Crippen LogP contribution in [0.2, 0.25) is 0 Å². The van der Waals surface area contributed by atoms with E-state index in [9.17, 15) is 79.2 Å². The minimum Gasteiger partial charge on any atom is -0.477 e. The Morgan fingerprint density at radius 3 is 1.22 bits per heavy atom. The third kappa shape index (κ3) is 23.2. The van der Waals surface area contributed by atoms with Gasteiger partial charge in [-0.2, -0.15) is 23.5 Å². The molecule has 2 saturated carbocycles. The molecule has 28 heteroatoms. The Hall–Kier alpha value is -5.50. The van der Waals surface area contributed by atoms with Crippen molar-refractivity contribution in [2.75, 3.05) is 62.4 Å². The number of ether oxygens (including phenoxy) is 4. The van der Waals surface area contributed by atoms with Gasteiger partial charge in [0.2, 0.25) is 23.6 Å². The van der Waals surface area contributed by atoms with Gasteiger partial charge in [-0.15, -0.1) is 0 Å². The number of nitrogens with one attached hydrogen (secondary N) is 6. The second-order valence-electron chi connectivity index (χ2n) is 24.3. The quantitative estimate of drug-likeness (QED) is 0.0432. The SMILES string of the molecule is CC(=O)N[C@H]1[C@H]([C@H](O)[C@H](O)CNC(=O)c2ccc(C3CCCCC3)cc2)O[C@@](OCCCSCCNC(=O)CCCCC(=O)NCCSCCCO[C@]2(C(=O)O)C[C@H](O)[C@@H](NC(C)=O)[C@H]([C@H](O)[C@@H](O)CNC(=O)c3ccc(C4CCCCC4)cc3)O2)(C(=O)O)C[C@@H]1O. The number of amides is 6. The van der Waals surface area contributed by atoms with Crippen molar-refractivity contribution < 1.29 is 98.2 Å². The second-order valence-corrected chi connectivity index (χ2v) is 26.7. The molecule has 4 fully saturated rings. The van der Waals surface area contributed by atoms with Crippen LogP contribution < -0.4 is 31.9 Å². The van der Waals surface area contributed by atoms with Gasteiger partial charge in [0.1, 0.15) is 24.4 Å². The van der Waals surface area contributed by atoms with Gasteiger partial charge >= 0.3 is 11.9 Å². The van der Waals surface area contributed by atoms with Gasteiger partial charge in [-0.05, 0) is 110 Å². The fraction of sp³-hybridized carbons (Fsp3) is 0.688. The fourth-order valence-corrected chi connectivity index (χ4v) is 13.7. The molecule has 2 saturated heterocycles. The van der Waals surface area contributed by atoms with Crippen molar-refractivity contribution in [3.63, 3.8) is 0 Å². The molecule has 2 aliphatic heterocycles. The third-order valence-electron chi connectivity index (χ3n) is 17.2. The highest BCUT2D eigenvalue weighted by atomic mass is 32.2. The number of rotatable bonds is 37. The van der Waals surface area contributed by atoms with E-state index in [2.05, 4.69) is 31.9 Å². The highest BCUT2D eigenvalue weighted by Gasteiger charge is 2.57. The Morgan fingerprint density at radius 1 is 0.522 bits per heavy atom. The molecule has 4 aliphatic rings. The van der Waals surface area contributed by atoms with Crippen LogP contribution >= 0.6 is 23.5 Å². The van der Waals surface area contributed by atoms with Crippen molar-refractivity contribution in [2.45, 2.75) is 214 Å². The van der Waals surface area contributed by atoms with Crippen LogP contribution in [0.1, 0.15) is 173 Å². The van der Waals surface area contributed by atoms with E-state index in [-0.39, 0.29) is 37.9 Å². The van der Waals surface area contributed by atoms with Gasteiger partial charge in [-0.25, -0.2) is 9.59 Å². The van der Waals surface area contributed by atoms with Gasteiger partial charge in [0, 0.05) is 88.3 Å². The summed E-state index contributed by atoms with van der Waals surface area (Å²) >= 11 is 2.92. The first kappa shape index (κ1) is 75.5. The number of aliphatic carboxylic acids is 2. The molecule has 0 aromatic heterocycles. The van der Waals surface area contributed by atoms with E-state index in [0.717, 1.165) is 76.3 Å². The number of carboxylic acid groups (broad SMARTS) is 2. The van der Waals surface area contributed by atoms with Crippen molar-refractivity contribution in [3.05, 3.63) is 70.8 Å². The average molecular weight is 1330 g/mol. The number of benzene rings is 2. The molecular weight excluding hydrogens is 1240 g/mol. The predicted molar refractivity (Wildman–Crippen MR) is 340 cm³/mol. The first-order chi connectivity index (χ1) is 44.0. The molecule has 0 unspecified atom stereocenters. The zero-order valence-electron chi connectivity index (χ0n) is 52.6. The molecular formula is C64H96N6O20S2. The van der Waals surface area contributed by atoms with Gasteiger partial charge in [0.05, 0.1) is 49.7 Å². The highest BCUT2D eigenvalue weighted by molar-refractivity contribution is 7.99. The van der Waals surface area contributed by atoms with E-state index in [4.69, 9.17) is 18.9 Å². The molecule has 14 N–H and O–H groups in total. The summed E-state index contributed by atoms with van der Waals surface area (Å²) in [6.45, 7) is 1.78. The molecule has 0 bridgehead atoms. The summed E-state index contributed by atoms with van der Waals surface area (Å²) in [5, 5.41) is 103. The molecule has 6 amide bonds. The summed E-state index contributed by atoms with van der Waals surface area (Å²) in [4.78, 5) is 101. The minimum absolute atomic E-state index is 0.150. The first-order valence-electron chi connectivity index (χ1n) is 32.2. The molecule has 0 radical (unpaired) electrons. The molecule has 12 atom stereocenters. The van der Waals surface area contributed by atoms with Crippen LogP contribution in [-0.4, -0.2) is 223 Å². The monoisotopic (exact) mass is 1330 g/mol. The van der Waals surface area contributed by atoms with E-state index in [1.807, 2.05) is 24.3 Å². The molecule has 2 aliphatic carbocycles. The molecule has 2 heterocycles. The van der Waals surface area contributed by atoms with Gasteiger partial charge in [-0.1, -0.05) is 62.8 Å². The maximum Gasteiger partial charge on any atom is 0.364 e. The van der Waals surface area contributed by atoms with Crippen molar-refractivity contribution in [2.24, 2.45) is 0 Å². The van der Waals surface area contributed by atoms with Crippen LogP contribution in [0.5, 0.6) is 0 Å². The van der Waals surface area contributed by atoms with Crippen LogP contribution in [0.3, 0.4) is 0 Å². The topological polar surface area (TPSA) is 408 Å². The van der Waals surface area contributed by atoms with Crippen LogP contribution in [-0.2, 0) is 47.7 Å². The first-order valence-corrected chi connectivity index (χ1v) is 34.5. The Bertz CT molecular complexity index is 2510. The Labute approximate surface area is 545 Å². The molecule has 6 rings (SSSR count). The number of unbranched alkanes of at least 4 members (excludes halogenated alkanes) is 1. The van der Waals surface area contributed by atoms with Crippen LogP contribution in [0.25, 0.3) is 0 Å². The Morgan fingerprint density at radius 2 is 0.880 bits per heavy atom. The van der Waals surface area contributed by atoms with E-state index < -0.39 is 134 Å². The highest BCUT2D eigenvalue weighted by Crippen LogP contribution is 2.37. The van der Waals surface area contributed by atoms with E-state index >= 15 is 0 Å². The number of hydrogen-bond acceptors (Lipinski definition) is 20. The van der Waals surface area contributed by atoms with Gasteiger partial charge in [0.25, 0.3) is 23.4 Å². The fourth-order valence-electron chi connectivity index (χ4n) is 12.1. The number of carboxylic acids is 2. The average Bonchev–Trinajstić information content (AvgIpc) is 0.780.